The molecule has 0 saturated carbocycles. The molecule has 2 N–H and O–H groups in total. The van der Waals surface area contributed by atoms with Gasteiger partial charge in [0.15, 0.2) is 0 Å². The summed E-state index contributed by atoms with van der Waals surface area (Å²) in [5.41, 5.74) is 1.81. The Kier molecular flexibility index (Phi) is 3.14. The normalized spacial score (nSPS) is 10.2. The van der Waals surface area contributed by atoms with Crippen molar-refractivity contribution >= 4 is 5.97 Å². The highest BCUT2D eigenvalue weighted by atomic mass is 16.5. The number of hydrogen-bond acceptors (Lipinski definition) is 2. The smallest absolute Gasteiger partial charge is 0.337 e. The van der Waals surface area contributed by atoms with Crippen LogP contribution in [0.4, 0.5) is 0 Å². The van der Waals surface area contributed by atoms with Crippen molar-refractivity contribution in [2.45, 2.75) is 6.92 Å². The minimum absolute atomic E-state index is 0.272. The Balaban J connectivity index is 2.33. The van der Waals surface area contributed by atoms with Crippen LogP contribution < -0.4 is 4.74 Å². The maximum absolute atomic E-state index is 11.0. The minimum Gasteiger partial charge on any atom is -0.494 e. The SMILES string of the molecule is CCOc1ccc(-c2c[nH]cc2C(=O)O)cc1. The number of nitrogens with one attached hydrogen (secondary N) is 1. The van der Waals surface area contributed by atoms with Gasteiger partial charge in [-0.05, 0) is 24.6 Å². The molecule has 1 heterocycles. The Labute approximate surface area is 98.9 Å². The molecular weight excluding hydrogens is 218 g/mol. The molecule has 0 aliphatic heterocycles. The predicted octanol–water partition coefficient (Wildman–Crippen LogP) is 2.78. The third-order valence-electron chi connectivity index (χ3n) is 2.45. The molecule has 0 fully saturated rings. The lowest BCUT2D eigenvalue weighted by Crippen LogP contribution is -1.96. The van der Waals surface area contributed by atoms with E-state index in [0.717, 1.165) is 11.3 Å². The number of aromatic amines is 1. The Morgan fingerprint density at radius 1 is 1.29 bits per heavy atom. The summed E-state index contributed by atoms with van der Waals surface area (Å²) in [4.78, 5) is 13.8. The van der Waals surface area contributed by atoms with Gasteiger partial charge in [0.25, 0.3) is 0 Å². The van der Waals surface area contributed by atoms with Crippen LogP contribution in [0, 0.1) is 0 Å². The second kappa shape index (κ2) is 4.74. The third-order valence-corrected chi connectivity index (χ3v) is 2.45. The molecule has 0 saturated heterocycles. The van der Waals surface area contributed by atoms with Crippen LogP contribution in [0.15, 0.2) is 36.7 Å². The van der Waals surface area contributed by atoms with Crippen LogP contribution in [0.3, 0.4) is 0 Å². The summed E-state index contributed by atoms with van der Waals surface area (Å²) in [6, 6.07) is 7.36. The summed E-state index contributed by atoms with van der Waals surface area (Å²) in [6.07, 6.45) is 3.16. The van der Waals surface area contributed by atoms with Crippen molar-refractivity contribution in [3.8, 4) is 16.9 Å². The number of aromatic nitrogens is 1. The fourth-order valence-electron chi connectivity index (χ4n) is 1.68. The van der Waals surface area contributed by atoms with E-state index in [4.69, 9.17) is 9.84 Å². The molecule has 4 heteroatoms. The van der Waals surface area contributed by atoms with Gasteiger partial charge in [-0.3, -0.25) is 0 Å². The molecule has 0 amide bonds. The van der Waals surface area contributed by atoms with Gasteiger partial charge in [0, 0.05) is 18.0 Å². The zero-order chi connectivity index (χ0) is 12.3. The lowest BCUT2D eigenvalue weighted by molar-refractivity contribution is 0.0698. The zero-order valence-corrected chi connectivity index (χ0v) is 9.43. The van der Waals surface area contributed by atoms with Crippen molar-refractivity contribution < 1.29 is 14.6 Å². The lowest BCUT2D eigenvalue weighted by atomic mass is 10.0. The van der Waals surface area contributed by atoms with Gasteiger partial charge in [-0.1, -0.05) is 12.1 Å². The van der Waals surface area contributed by atoms with Gasteiger partial charge in [0.1, 0.15) is 5.75 Å². The molecule has 88 valence electrons. The van der Waals surface area contributed by atoms with Crippen LogP contribution in [0.1, 0.15) is 17.3 Å². The van der Waals surface area contributed by atoms with Gasteiger partial charge in [-0.2, -0.15) is 0 Å². The highest BCUT2D eigenvalue weighted by Gasteiger charge is 2.12. The molecule has 0 aliphatic rings. The summed E-state index contributed by atoms with van der Waals surface area (Å²) in [5.74, 6) is -0.154. The number of ether oxygens (including phenoxy) is 1. The van der Waals surface area contributed by atoms with Crippen molar-refractivity contribution in [2.75, 3.05) is 6.61 Å². The van der Waals surface area contributed by atoms with Crippen LogP contribution in [0.5, 0.6) is 5.75 Å². The quantitative estimate of drug-likeness (QED) is 0.850. The first-order valence-electron chi connectivity index (χ1n) is 5.35. The molecule has 17 heavy (non-hydrogen) atoms. The van der Waals surface area contributed by atoms with Gasteiger partial charge >= 0.3 is 5.97 Å². The van der Waals surface area contributed by atoms with Crippen LogP contribution >= 0.6 is 0 Å². The first kappa shape index (κ1) is 11.3. The molecule has 4 nitrogen and oxygen atoms in total. The summed E-state index contributed by atoms with van der Waals surface area (Å²) < 4.78 is 5.33. The molecule has 1 aromatic heterocycles. The minimum atomic E-state index is -0.935. The molecule has 0 unspecified atom stereocenters. The molecule has 0 spiro atoms. The van der Waals surface area contributed by atoms with Gasteiger partial charge in [0.2, 0.25) is 0 Å². The molecular formula is C13H13NO3. The van der Waals surface area contributed by atoms with Crippen molar-refractivity contribution in [1.82, 2.24) is 4.98 Å². The van der Waals surface area contributed by atoms with Crippen molar-refractivity contribution in [3.63, 3.8) is 0 Å². The molecule has 2 rings (SSSR count). The monoisotopic (exact) mass is 231 g/mol. The predicted molar refractivity (Wildman–Crippen MR) is 64.4 cm³/mol. The average molecular weight is 231 g/mol. The first-order chi connectivity index (χ1) is 8.22. The van der Waals surface area contributed by atoms with E-state index in [0.29, 0.717) is 12.2 Å². The number of carbonyl (C=O) groups is 1. The fraction of sp³-hybridized carbons (Fsp3) is 0.154. The number of carboxylic acids is 1. The number of carboxylic acid groups (broad SMARTS) is 1. The molecule has 0 aliphatic carbocycles. The fourth-order valence-corrected chi connectivity index (χ4v) is 1.68. The summed E-state index contributed by atoms with van der Waals surface area (Å²) in [6.45, 7) is 2.53. The summed E-state index contributed by atoms with van der Waals surface area (Å²) >= 11 is 0. The van der Waals surface area contributed by atoms with Crippen LogP contribution in [0.25, 0.3) is 11.1 Å². The lowest BCUT2D eigenvalue weighted by Gasteiger charge is -2.04. The molecule has 0 radical (unpaired) electrons. The second-order valence-electron chi connectivity index (χ2n) is 3.55. The van der Waals surface area contributed by atoms with Gasteiger partial charge < -0.3 is 14.8 Å². The topological polar surface area (TPSA) is 62.3 Å². The zero-order valence-electron chi connectivity index (χ0n) is 9.43. The maximum Gasteiger partial charge on any atom is 0.337 e. The van der Waals surface area contributed by atoms with E-state index in [2.05, 4.69) is 4.98 Å². The Bertz CT molecular complexity index is 514. The molecule has 0 bridgehead atoms. The van der Waals surface area contributed by atoms with Gasteiger partial charge in [-0.15, -0.1) is 0 Å². The Morgan fingerprint density at radius 2 is 2.00 bits per heavy atom. The van der Waals surface area contributed by atoms with Crippen molar-refractivity contribution in [3.05, 3.63) is 42.2 Å². The number of benzene rings is 1. The molecule has 0 atom stereocenters. The van der Waals surface area contributed by atoms with Gasteiger partial charge in [0.05, 0.1) is 12.2 Å². The average Bonchev–Trinajstić information content (AvgIpc) is 2.79. The summed E-state index contributed by atoms with van der Waals surface area (Å²) in [7, 11) is 0. The second-order valence-corrected chi connectivity index (χ2v) is 3.55. The number of hydrogen-bond donors (Lipinski definition) is 2. The largest absolute Gasteiger partial charge is 0.494 e. The van der Waals surface area contributed by atoms with E-state index >= 15 is 0 Å². The van der Waals surface area contributed by atoms with Crippen molar-refractivity contribution in [2.24, 2.45) is 0 Å². The highest BCUT2D eigenvalue weighted by Crippen LogP contribution is 2.25. The Morgan fingerprint density at radius 3 is 2.59 bits per heavy atom. The first-order valence-corrected chi connectivity index (χ1v) is 5.35. The van der Waals surface area contributed by atoms with E-state index in [1.54, 1.807) is 6.20 Å². The van der Waals surface area contributed by atoms with Crippen LogP contribution in [-0.2, 0) is 0 Å². The third kappa shape index (κ3) is 2.30. The number of aromatic carboxylic acids is 1. The van der Waals surface area contributed by atoms with Crippen LogP contribution in [0.2, 0.25) is 0 Å². The number of H-pyrrole nitrogens is 1. The summed E-state index contributed by atoms with van der Waals surface area (Å²) in [5, 5.41) is 9.01. The standard InChI is InChI=1S/C13H13NO3/c1-2-17-10-5-3-9(4-6-10)11-7-14-8-12(11)13(15)16/h3-8,14H,2H2,1H3,(H,15,16). The van der Waals surface area contributed by atoms with E-state index in [9.17, 15) is 4.79 Å². The van der Waals surface area contributed by atoms with E-state index in [1.807, 2.05) is 31.2 Å². The number of rotatable bonds is 4. The maximum atomic E-state index is 11.0. The van der Waals surface area contributed by atoms with Crippen molar-refractivity contribution in [1.29, 1.82) is 0 Å². The van der Waals surface area contributed by atoms with E-state index in [1.165, 1.54) is 6.20 Å². The van der Waals surface area contributed by atoms with E-state index < -0.39 is 5.97 Å². The van der Waals surface area contributed by atoms with Crippen LogP contribution in [-0.4, -0.2) is 22.7 Å². The molecule has 1 aromatic carbocycles. The van der Waals surface area contributed by atoms with Gasteiger partial charge in [-0.25, -0.2) is 4.79 Å². The highest BCUT2D eigenvalue weighted by molar-refractivity contribution is 5.95. The molecule has 2 aromatic rings. The Hall–Kier alpha value is -2.23. The van der Waals surface area contributed by atoms with E-state index in [-0.39, 0.29) is 5.56 Å².